The molecular weight excluding hydrogens is 289 g/mol. The molecule has 21 heavy (non-hydrogen) atoms. The molecule has 0 amide bonds. The SMILES string of the molecule is Cc1cc(C)c2c(=O)n(-c3ccc(F)cc3)c(=S)[nH]c2n1. The number of nitrogens with zero attached hydrogens (tertiary/aromatic N) is 2. The van der Waals surface area contributed by atoms with E-state index in [0.717, 1.165) is 11.3 Å². The van der Waals surface area contributed by atoms with Crippen LogP contribution in [0.15, 0.2) is 35.1 Å². The van der Waals surface area contributed by atoms with Crippen LogP contribution in [0.2, 0.25) is 0 Å². The van der Waals surface area contributed by atoms with Crippen molar-refractivity contribution in [3.63, 3.8) is 0 Å². The Hall–Kier alpha value is -2.34. The minimum Gasteiger partial charge on any atom is -0.316 e. The summed E-state index contributed by atoms with van der Waals surface area (Å²) in [6, 6.07) is 7.46. The maximum atomic E-state index is 13.0. The van der Waals surface area contributed by atoms with Crippen LogP contribution in [0.4, 0.5) is 4.39 Å². The van der Waals surface area contributed by atoms with Crippen molar-refractivity contribution in [3.05, 3.63) is 62.5 Å². The third kappa shape index (κ3) is 2.27. The van der Waals surface area contributed by atoms with Gasteiger partial charge in [-0.05, 0) is 62.0 Å². The summed E-state index contributed by atoms with van der Waals surface area (Å²) in [6.07, 6.45) is 0. The Balaban J connectivity index is 2.42. The molecule has 1 N–H and O–H groups in total. The molecule has 0 fully saturated rings. The van der Waals surface area contributed by atoms with Crippen molar-refractivity contribution in [1.29, 1.82) is 0 Å². The second-order valence-corrected chi connectivity index (χ2v) is 5.24. The van der Waals surface area contributed by atoms with Gasteiger partial charge in [0.1, 0.15) is 11.5 Å². The van der Waals surface area contributed by atoms with Crippen LogP contribution in [0.25, 0.3) is 16.7 Å². The molecule has 0 spiro atoms. The Morgan fingerprint density at radius 3 is 2.57 bits per heavy atom. The minimum atomic E-state index is -0.365. The lowest BCUT2D eigenvalue weighted by atomic mass is 10.2. The summed E-state index contributed by atoms with van der Waals surface area (Å²) >= 11 is 5.24. The van der Waals surface area contributed by atoms with Crippen LogP contribution in [-0.2, 0) is 0 Å². The van der Waals surface area contributed by atoms with E-state index in [1.807, 2.05) is 19.9 Å². The number of aryl methyl sites for hydroxylation is 2. The van der Waals surface area contributed by atoms with E-state index >= 15 is 0 Å². The van der Waals surface area contributed by atoms with Gasteiger partial charge in [-0.3, -0.25) is 9.36 Å². The number of halogens is 1. The normalized spacial score (nSPS) is 11.0. The predicted molar refractivity (Wildman–Crippen MR) is 82.0 cm³/mol. The average molecular weight is 301 g/mol. The third-order valence-corrected chi connectivity index (χ3v) is 3.56. The highest BCUT2D eigenvalue weighted by Crippen LogP contribution is 2.14. The molecule has 6 heteroatoms. The zero-order valence-electron chi connectivity index (χ0n) is 11.5. The lowest BCUT2D eigenvalue weighted by molar-refractivity contribution is 0.627. The van der Waals surface area contributed by atoms with Gasteiger partial charge in [0.05, 0.1) is 11.1 Å². The number of benzene rings is 1. The quantitative estimate of drug-likeness (QED) is 0.702. The molecule has 0 radical (unpaired) electrons. The van der Waals surface area contributed by atoms with Crippen LogP contribution in [0.5, 0.6) is 0 Å². The fraction of sp³-hybridized carbons (Fsp3) is 0.133. The molecule has 2 heterocycles. The molecule has 106 valence electrons. The van der Waals surface area contributed by atoms with Gasteiger partial charge in [0.15, 0.2) is 4.77 Å². The van der Waals surface area contributed by atoms with Crippen LogP contribution in [-0.4, -0.2) is 14.5 Å². The zero-order valence-corrected chi connectivity index (χ0v) is 12.3. The van der Waals surface area contributed by atoms with Gasteiger partial charge in [-0.2, -0.15) is 0 Å². The Bertz CT molecular complexity index is 958. The van der Waals surface area contributed by atoms with Crippen LogP contribution in [0, 0.1) is 24.4 Å². The number of aromatic amines is 1. The van der Waals surface area contributed by atoms with E-state index in [4.69, 9.17) is 12.2 Å². The number of rotatable bonds is 1. The van der Waals surface area contributed by atoms with Crippen LogP contribution in [0.3, 0.4) is 0 Å². The lowest BCUT2D eigenvalue weighted by Gasteiger charge is -2.09. The maximum absolute atomic E-state index is 13.0. The van der Waals surface area contributed by atoms with Gasteiger partial charge in [0.25, 0.3) is 5.56 Å². The van der Waals surface area contributed by atoms with E-state index in [1.165, 1.54) is 28.8 Å². The highest BCUT2D eigenvalue weighted by molar-refractivity contribution is 7.71. The molecule has 0 aliphatic heterocycles. The number of pyridine rings is 1. The van der Waals surface area contributed by atoms with Crippen molar-refractivity contribution >= 4 is 23.3 Å². The van der Waals surface area contributed by atoms with Crippen molar-refractivity contribution in [2.24, 2.45) is 0 Å². The number of hydrogen-bond acceptors (Lipinski definition) is 3. The van der Waals surface area contributed by atoms with E-state index in [0.29, 0.717) is 16.7 Å². The van der Waals surface area contributed by atoms with E-state index in [2.05, 4.69) is 9.97 Å². The summed E-state index contributed by atoms with van der Waals surface area (Å²) in [5.41, 5.74) is 2.37. The first-order valence-electron chi connectivity index (χ1n) is 6.36. The van der Waals surface area contributed by atoms with Gasteiger partial charge in [-0.15, -0.1) is 0 Å². The van der Waals surface area contributed by atoms with E-state index in [1.54, 1.807) is 0 Å². The largest absolute Gasteiger partial charge is 0.316 e. The van der Waals surface area contributed by atoms with Crippen molar-refractivity contribution < 1.29 is 4.39 Å². The minimum absolute atomic E-state index is 0.233. The van der Waals surface area contributed by atoms with Crippen LogP contribution < -0.4 is 5.56 Å². The van der Waals surface area contributed by atoms with Gasteiger partial charge < -0.3 is 4.98 Å². The standard InChI is InChI=1S/C15H12FN3OS/c1-8-7-9(2)17-13-12(8)14(20)19(15(21)18-13)11-5-3-10(16)4-6-11/h3-7H,1-2H3,(H,17,18,21). The van der Waals surface area contributed by atoms with Gasteiger partial charge in [-0.1, -0.05) is 0 Å². The van der Waals surface area contributed by atoms with E-state index in [9.17, 15) is 9.18 Å². The number of nitrogens with one attached hydrogen (secondary N) is 1. The van der Waals surface area contributed by atoms with E-state index in [-0.39, 0.29) is 16.1 Å². The predicted octanol–water partition coefficient (Wildman–Crippen LogP) is 3.20. The van der Waals surface area contributed by atoms with Gasteiger partial charge >= 0.3 is 0 Å². The molecular formula is C15H12FN3OS. The first-order valence-corrected chi connectivity index (χ1v) is 6.77. The highest BCUT2D eigenvalue weighted by Gasteiger charge is 2.11. The fourth-order valence-electron chi connectivity index (χ4n) is 2.38. The molecule has 0 bridgehead atoms. The molecule has 4 nitrogen and oxygen atoms in total. The van der Waals surface area contributed by atoms with Gasteiger partial charge in [0.2, 0.25) is 0 Å². The van der Waals surface area contributed by atoms with Crippen LogP contribution in [0.1, 0.15) is 11.3 Å². The molecule has 3 aromatic rings. The third-order valence-electron chi connectivity index (χ3n) is 3.27. The molecule has 2 aromatic heterocycles. The second kappa shape index (κ2) is 4.89. The fourth-order valence-corrected chi connectivity index (χ4v) is 2.67. The summed E-state index contributed by atoms with van der Waals surface area (Å²) in [6.45, 7) is 3.71. The summed E-state index contributed by atoms with van der Waals surface area (Å²) in [4.78, 5) is 20.0. The van der Waals surface area contributed by atoms with Gasteiger partial charge in [-0.25, -0.2) is 9.37 Å². The zero-order chi connectivity index (χ0) is 15.1. The number of aromatic nitrogens is 3. The van der Waals surface area contributed by atoms with Crippen molar-refractivity contribution in [3.8, 4) is 5.69 Å². The molecule has 0 aliphatic carbocycles. The Labute approximate surface area is 124 Å². The maximum Gasteiger partial charge on any atom is 0.268 e. The average Bonchev–Trinajstić information content (AvgIpc) is 2.39. The summed E-state index contributed by atoms with van der Waals surface area (Å²) in [5.74, 6) is -0.365. The number of H-pyrrole nitrogens is 1. The first kappa shape index (κ1) is 13.6. The van der Waals surface area contributed by atoms with Crippen molar-refractivity contribution in [2.45, 2.75) is 13.8 Å². The summed E-state index contributed by atoms with van der Waals surface area (Å²) in [7, 11) is 0. The number of hydrogen-bond donors (Lipinski definition) is 1. The molecule has 0 atom stereocenters. The van der Waals surface area contributed by atoms with E-state index < -0.39 is 0 Å². The molecule has 0 aliphatic rings. The first-order chi connectivity index (χ1) is 9.97. The molecule has 0 saturated heterocycles. The van der Waals surface area contributed by atoms with Gasteiger partial charge in [0, 0.05) is 5.69 Å². The van der Waals surface area contributed by atoms with Crippen molar-refractivity contribution in [2.75, 3.05) is 0 Å². The lowest BCUT2D eigenvalue weighted by Crippen LogP contribution is -2.21. The van der Waals surface area contributed by atoms with Crippen molar-refractivity contribution in [1.82, 2.24) is 14.5 Å². The smallest absolute Gasteiger partial charge is 0.268 e. The number of fused-ring (bicyclic) bond motifs is 1. The highest BCUT2D eigenvalue weighted by atomic mass is 32.1. The summed E-state index contributed by atoms with van der Waals surface area (Å²) in [5, 5.41) is 0.485. The Morgan fingerprint density at radius 2 is 1.90 bits per heavy atom. The summed E-state index contributed by atoms with van der Waals surface area (Å²) < 4.78 is 14.6. The Morgan fingerprint density at radius 1 is 1.24 bits per heavy atom. The van der Waals surface area contributed by atoms with Crippen LogP contribution >= 0.6 is 12.2 Å². The molecule has 0 unspecified atom stereocenters. The molecule has 1 aromatic carbocycles. The molecule has 3 rings (SSSR count). The Kier molecular flexibility index (Phi) is 3.17. The topological polar surface area (TPSA) is 50.7 Å². The monoisotopic (exact) mass is 301 g/mol. The molecule has 0 saturated carbocycles. The second-order valence-electron chi connectivity index (χ2n) is 4.85.